The Balaban J connectivity index is 1.74. The lowest BCUT2D eigenvalue weighted by Gasteiger charge is -2.26. The third kappa shape index (κ3) is 2.80. The number of rotatable bonds is 3. The van der Waals surface area contributed by atoms with Gasteiger partial charge in [-0.25, -0.2) is 0 Å². The molecule has 21 heavy (non-hydrogen) atoms. The monoisotopic (exact) mass is 286 g/mol. The first kappa shape index (κ1) is 14.1. The van der Waals surface area contributed by atoms with E-state index in [0.29, 0.717) is 6.04 Å². The number of nitrogens with zero attached hydrogens (tertiary/aromatic N) is 2. The molecule has 1 aromatic heterocycles. The van der Waals surface area contributed by atoms with E-state index < -0.39 is 0 Å². The van der Waals surface area contributed by atoms with Crippen molar-refractivity contribution < 1.29 is 9.53 Å². The molecular weight excluding hydrogens is 264 g/mol. The number of benzene rings is 1. The quantitative estimate of drug-likeness (QED) is 0.811. The lowest BCUT2D eigenvalue weighted by Crippen LogP contribution is -2.24. The van der Waals surface area contributed by atoms with Crippen molar-refractivity contribution in [1.82, 2.24) is 9.78 Å². The molecule has 4 heteroatoms. The van der Waals surface area contributed by atoms with E-state index in [1.165, 1.54) is 18.1 Å². The van der Waals surface area contributed by atoms with Crippen LogP contribution in [0, 0.1) is 5.92 Å². The fourth-order valence-corrected chi connectivity index (χ4v) is 3.23. The van der Waals surface area contributed by atoms with E-state index in [0.717, 1.165) is 37.6 Å². The van der Waals surface area contributed by atoms with E-state index in [1.807, 2.05) is 0 Å². The standard InChI is InChI=1S/C17H22N2O2/c1-3-12-4-5-14-11-19(18-16(14)10-12)15-8-6-13(7-9-15)17(20)21-2/h4-5,10-11,13,15H,3,6-9H2,1-2H3/t13-,15-. The van der Waals surface area contributed by atoms with Crippen LogP contribution in [0.3, 0.4) is 0 Å². The van der Waals surface area contributed by atoms with E-state index in [2.05, 4.69) is 36.0 Å². The van der Waals surface area contributed by atoms with Gasteiger partial charge in [-0.2, -0.15) is 5.10 Å². The molecule has 3 rings (SSSR count). The van der Waals surface area contributed by atoms with Crippen molar-refractivity contribution in [3.05, 3.63) is 30.0 Å². The lowest BCUT2D eigenvalue weighted by molar-refractivity contribution is -0.146. The fourth-order valence-electron chi connectivity index (χ4n) is 3.23. The van der Waals surface area contributed by atoms with Crippen LogP contribution in [0.5, 0.6) is 0 Å². The van der Waals surface area contributed by atoms with Crippen LogP contribution in [-0.4, -0.2) is 22.9 Å². The first-order valence-corrected chi connectivity index (χ1v) is 7.77. The summed E-state index contributed by atoms with van der Waals surface area (Å²) in [5, 5.41) is 5.93. The largest absolute Gasteiger partial charge is 0.469 e. The number of carbonyl (C=O) groups excluding carboxylic acids is 1. The van der Waals surface area contributed by atoms with Gasteiger partial charge in [-0.3, -0.25) is 9.48 Å². The molecular formula is C17H22N2O2. The molecule has 0 bridgehead atoms. The molecule has 1 saturated carbocycles. The van der Waals surface area contributed by atoms with Gasteiger partial charge in [-0.15, -0.1) is 0 Å². The highest BCUT2D eigenvalue weighted by molar-refractivity contribution is 5.78. The van der Waals surface area contributed by atoms with Gasteiger partial charge >= 0.3 is 5.97 Å². The molecule has 0 radical (unpaired) electrons. The number of fused-ring (bicyclic) bond motifs is 1. The Bertz CT molecular complexity index is 639. The summed E-state index contributed by atoms with van der Waals surface area (Å²) in [6.07, 6.45) is 6.95. The number of aryl methyl sites for hydroxylation is 1. The maximum absolute atomic E-state index is 11.6. The van der Waals surface area contributed by atoms with E-state index in [9.17, 15) is 4.79 Å². The molecule has 4 nitrogen and oxygen atoms in total. The van der Waals surface area contributed by atoms with Crippen LogP contribution in [0.25, 0.3) is 10.9 Å². The number of esters is 1. The van der Waals surface area contributed by atoms with Crippen LogP contribution in [0.1, 0.15) is 44.2 Å². The van der Waals surface area contributed by atoms with Crippen molar-refractivity contribution in [2.45, 2.75) is 45.1 Å². The SMILES string of the molecule is CCc1ccc2cn([C@H]3CC[C@H](C(=O)OC)CC3)nc2c1. The first-order chi connectivity index (χ1) is 10.2. The minimum atomic E-state index is -0.0633. The third-order valence-electron chi connectivity index (χ3n) is 4.60. The van der Waals surface area contributed by atoms with Crippen LogP contribution in [-0.2, 0) is 16.0 Å². The predicted molar refractivity (Wildman–Crippen MR) is 82.1 cm³/mol. The van der Waals surface area contributed by atoms with Gasteiger partial charge in [-0.05, 0) is 43.7 Å². The average Bonchev–Trinajstić information content (AvgIpc) is 2.97. The molecule has 1 aromatic carbocycles. The highest BCUT2D eigenvalue weighted by Gasteiger charge is 2.28. The van der Waals surface area contributed by atoms with Gasteiger partial charge in [0.25, 0.3) is 0 Å². The summed E-state index contributed by atoms with van der Waals surface area (Å²) in [5.41, 5.74) is 2.39. The number of methoxy groups -OCH3 is 1. The van der Waals surface area contributed by atoms with Gasteiger partial charge in [-0.1, -0.05) is 19.1 Å². The number of ether oxygens (including phenoxy) is 1. The second-order valence-electron chi connectivity index (χ2n) is 5.88. The normalized spacial score (nSPS) is 22.4. The maximum atomic E-state index is 11.6. The van der Waals surface area contributed by atoms with Crippen molar-refractivity contribution >= 4 is 16.9 Å². The van der Waals surface area contributed by atoms with Crippen LogP contribution in [0.15, 0.2) is 24.4 Å². The highest BCUT2D eigenvalue weighted by Crippen LogP contribution is 2.33. The molecule has 0 N–H and O–H groups in total. The van der Waals surface area contributed by atoms with Crippen molar-refractivity contribution in [2.24, 2.45) is 5.92 Å². The number of aromatic nitrogens is 2. The van der Waals surface area contributed by atoms with Gasteiger partial charge in [0.1, 0.15) is 0 Å². The second-order valence-corrected chi connectivity index (χ2v) is 5.88. The summed E-state index contributed by atoms with van der Waals surface area (Å²) in [6, 6.07) is 6.90. The minimum absolute atomic E-state index is 0.0633. The molecule has 0 aliphatic heterocycles. The molecule has 2 aromatic rings. The van der Waals surface area contributed by atoms with Crippen LogP contribution >= 0.6 is 0 Å². The fraction of sp³-hybridized carbons (Fsp3) is 0.529. The highest BCUT2D eigenvalue weighted by atomic mass is 16.5. The number of hydrogen-bond donors (Lipinski definition) is 0. The van der Waals surface area contributed by atoms with Crippen molar-refractivity contribution in [1.29, 1.82) is 0 Å². The molecule has 0 unspecified atom stereocenters. The van der Waals surface area contributed by atoms with E-state index >= 15 is 0 Å². The number of carbonyl (C=O) groups is 1. The smallest absolute Gasteiger partial charge is 0.308 e. The topological polar surface area (TPSA) is 44.1 Å². The molecule has 0 saturated heterocycles. The van der Waals surface area contributed by atoms with Crippen molar-refractivity contribution in [2.75, 3.05) is 7.11 Å². The van der Waals surface area contributed by atoms with Gasteiger partial charge < -0.3 is 4.74 Å². The Labute approximate surface area is 125 Å². The summed E-state index contributed by atoms with van der Waals surface area (Å²) < 4.78 is 6.94. The Morgan fingerprint density at radius 1 is 1.33 bits per heavy atom. The Morgan fingerprint density at radius 2 is 2.10 bits per heavy atom. The molecule has 112 valence electrons. The van der Waals surface area contributed by atoms with Crippen LogP contribution in [0.2, 0.25) is 0 Å². The Hall–Kier alpha value is -1.84. The van der Waals surface area contributed by atoms with E-state index in [1.54, 1.807) is 0 Å². The average molecular weight is 286 g/mol. The first-order valence-electron chi connectivity index (χ1n) is 7.77. The Morgan fingerprint density at radius 3 is 2.76 bits per heavy atom. The van der Waals surface area contributed by atoms with Crippen molar-refractivity contribution in [3.63, 3.8) is 0 Å². The third-order valence-corrected chi connectivity index (χ3v) is 4.60. The predicted octanol–water partition coefficient (Wildman–Crippen LogP) is 3.50. The minimum Gasteiger partial charge on any atom is -0.469 e. The van der Waals surface area contributed by atoms with E-state index in [4.69, 9.17) is 9.84 Å². The van der Waals surface area contributed by atoms with Crippen LogP contribution < -0.4 is 0 Å². The lowest BCUT2D eigenvalue weighted by atomic mass is 9.86. The zero-order valence-electron chi connectivity index (χ0n) is 12.7. The van der Waals surface area contributed by atoms with Gasteiger partial charge in [0.15, 0.2) is 0 Å². The molecule has 0 atom stereocenters. The van der Waals surface area contributed by atoms with Crippen molar-refractivity contribution in [3.8, 4) is 0 Å². The molecule has 1 aliphatic rings. The molecule has 1 fully saturated rings. The maximum Gasteiger partial charge on any atom is 0.308 e. The zero-order chi connectivity index (χ0) is 14.8. The summed E-state index contributed by atoms with van der Waals surface area (Å²) >= 11 is 0. The summed E-state index contributed by atoms with van der Waals surface area (Å²) in [7, 11) is 1.47. The molecule has 1 aliphatic carbocycles. The van der Waals surface area contributed by atoms with Gasteiger partial charge in [0.05, 0.1) is 24.6 Å². The van der Waals surface area contributed by atoms with Gasteiger partial charge in [0.2, 0.25) is 0 Å². The molecule has 0 amide bonds. The molecule has 1 heterocycles. The second kappa shape index (κ2) is 5.88. The summed E-state index contributed by atoms with van der Waals surface area (Å²) in [4.78, 5) is 11.6. The Kier molecular flexibility index (Phi) is 3.95. The van der Waals surface area contributed by atoms with Crippen LogP contribution in [0.4, 0.5) is 0 Å². The summed E-state index contributed by atoms with van der Waals surface area (Å²) in [5.74, 6) is 0.00888. The van der Waals surface area contributed by atoms with Gasteiger partial charge in [0, 0.05) is 11.6 Å². The summed E-state index contributed by atoms with van der Waals surface area (Å²) in [6.45, 7) is 2.16. The molecule has 0 spiro atoms. The number of hydrogen-bond acceptors (Lipinski definition) is 3. The zero-order valence-corrected chi connectivity index (χ0v) is 12.7. The van der Waals surface area contributed by atoms with E-state index in [-0.39, 0.29) is 11.9 Å².